The largest absolute Gasteiger partial charge is 0.460 e. The van der Waals surface area contributed by atoms with Crippen LogP contribution in [0.15, 0.2) is 30.3 Å². The number of nitrogens with zero attached hydrogens (tertiary/aromatic N) is 1. The van der Waals surface area contributed by atoms with Crippen molar-refractivity contribution in [2.45, 2.75) is 44.0 Å². The molecule has 0 radical (unpaired) electrons. The number of nitrogens with two attached hydrogens (primary N) is 1. The number of ether oxygens (including phenoxy) is 3. The number of amides is 2. The number of halogens is 3. The minimum atomic E-state index is -1.31. The Balaban J connectivity index is 1.30. The van der Waals surface area contributed by atoms with Crippen molar-refractivity contribution in [3.05, 3.63) is 58.9 Å². The van der Waals surface area contributed by atoms with Crippen LogP contribution in [0.5, 0.6) is 11.5 Å². The van der Waals surface area contributed by atoms with Crippen LogP contribution in [-0.2, 0) is 32.1 Å². The fraction of sp³-hybridized carbons (Fsp3) is 0.400. The number of esters is 1. The predicted octanol–water partition coefficient (Wildman–Crippen LogP) is 2.24. The van der Waals surface area contributed by atoms with Crippen molar-refractivity contribution >= 4 is 29.5 Å². The first kappa shape index (κ1) is 27.6. The Morgan fingerprint density at radius 2 is 1.87 bits per heavy atom. The summed E-state index contributed by atoms with van der Waals surface area (Å²) in [5.41, 5.74) is 6.54. The van der Waals surface area contributed by atoms with Crippen molar-refractivity contribution in [2.75, 3.05) is 18.9 Å². The molecular weight excluding hydrogens is 527 g/mol. The van der Waals surface area contributed by atoms with Crippen LogP contribution in [0.3, 0.4) is 0 Å². The van der Waals surface area contributed by atoms with Gasteiger partial charge in [0, 0.05) is 37.4 Å². The van der Waals surface area contributed by atoms with Crippen molar-refractivity contribution in [1.82, 2.24) is 10.2 Å². The van der Waals surface area contributed by atoms with Gasteiger partial charge in [0.15, 0.2) is 28.5 Å². The molecule has 1 fully saturated rings. The SMILES string of the molecule is CCOC(=O)C1Oc2ccc(CNC(=O)C3SCCN3C(=O)C[C@H](N)Cc3cc(F)c(F)cc3F)cc2O1. The maximum absolute atomic E-state index is 13.9. The zero-order chi connectivity index (χ0) is 27.4. The van der Waals surface area contributed by atoms with Gasteiger partial charge in [-0.3, -0.25) is 9.59 Å². The molecule has 2 heterocycles. The molecule has 2 unspecified atom stereocenters. The molecule has 204 valence electrons. The van der Waals surface area contributed by atoms with Crippen LogP contribution < -0.4 is 20.5 Å². The van der Waals surface area contributed by atoms with E-state index < -0.39 is 47.0 Å². The van der Waals surface area contributed by atoms with E-state index in [9.17, 15) is 27.6 Å². The first-order chi connectivity index (χ1) is 18.2. The minimum absolute atomic E-state index is 0.132. The summed E-state index contributed by atoms with van der Waals surface area (Å²) in [5.74, 6) is -3.63. The molecule has 3 N–H and O–H groups in total. The molecule has 0 saturated carbocycles. The van der Waals surface area contributed by atoms with Crippen LogP contribution in [0.25, 0.3) is 0 Å². The van der Waals surface area contributed by atoms with Gasteiger partial charge in [-0.15, -0.1) is 11.8 Å². The molecule has 0 spiro atoms. The maximum atomic E-state index is 13.9. The van der Waals surface area contributed by atoms with E-state index in [4.69, 9.17) is 19.9 Å². The van der Waals surface area contributed by atoms with Gasteiger partial charge in [0.25, 0.3) is 5.91 Å². The van der Waals surface area contributed by atoms with E-state index in [-0.39, 0.29) is 37.5 Å². The highest BCUT2D eigenvalue weighted by atomic mass is 32.2. The molecule has 9 nitrogen and oxygen atoms in total. The fourth-order valence-corrected chi connectivity index (χ4v) is 5.21. The van der Waals surface area contributed by atoms with E-state index in [1.54, 1.807) is 25.1 Å². The van der Waals surface area contributed by atoms with E-state index in [1.807, 2.05) is 0 Å². The van der Waals surface area contributed by atoms with Gasteiger partial charge in [0.1, 0.15) is 5.82 Å². The van der Waals surface area contributed by atoms with Gasteiger partial charge in [-0.05, 0) is 42.7 Å². The lowest BCUT2D eigenvalue weighted by molar-refractivity contribution is -0.161. The number of hydrogen-bond acceptors (Lipinski definition) is 8. The lowest BCUT2D eigenvalue weighted by Crippen LogP contribution is -2.46. The second kappa shape index (κ2) is 11.9. The summed E-state index contributed by atoms with van der Waals surface area (Å²) in [4.78, 5) is 39.0. The third-order valence-corrected chi connectivity index (χ3v) is 7.07. The van der Waals surface area contributed by atoms with Crippen molar-refractivity contribution in [3.8, 4) is 11.5 Å². The third-order valence-electron chi connectivity index (χ3n) is 5.87. The first-order valence-electron chi connectivity index (χ1n) is 11.9. The molecule has 1 saturated heterocycles. The van der Waals surface area contributed by atoms with Gasteiger partial charge in [0.2, 0.25) is 5.91 Å². The lowest BCUT2D eigenvalue weighted by atomic mass is 10.0. The van der Waals surface area contributed by atoms with E-state index in [1.165, 1.54) is 16.7 Å². The molecule has 2 aromatic rings. The van der Waals surface area contributed by atoms with Crippen LogP contribution in [0.2, 0.25) is 0 Å². The molecule has 38 heavy (non-hydrogen) atoms. The monoisotopic (exact) mass is 553 g/mol. The van der Waals surface area contributed by atoms with Crippen molar-refractivity contribution in [1.29, 1.82) is 0 Å². The Morgan fingerprint density at radius 1 is 1.13 bits per heavy atom. The zero-order valence-electron chi connectivity index (χ0n) is 20.4. The second-order valence-electron chi connectivity index (χ2n) is 8.65. The molecular formula is C25H26F3N3O6S. The number of hydrogen-bond donors (Lipinski definition) is 2. The molecule has 0 aliphatic carbocycles. The van der Waals surface area contributed by atoms with E-state index in [0.717, 1.165) is 6.07 Å². The number of rotatable bonds is 9. The standard InChI is InChI=1S/C25H26F3N3O6S/c1-2-35-24(34)25-36-19-4-3-13(7-20(19)37-25)12-30-22(33)23-31(5-6-38-23)21(32)10-15(29)8-14-9-17(27)18(28)11-16(14)26/h3-4,7,9,11,15,23,25H,2,5-6,8,10,12,29H2,1H3,(H,30,33)/t15-,23?,25?/m1/s1. The topological polar surface area (TPSA) is 120 Å². The Hall–Kier alpha value is -3.45. The summed E-state index contributed by atoms with van der Waals surface area (Å²) in [5, 5.41) is 2.00. The van der Waals surface area contributed by atoms with Gasteiger partial charge in [-0.25, -0.2) is 18.0 Å². The molecule has 3 atom stereocenters. The van der Waals surface area contributed by atoms with E-state index in [0.29, 0.717) is 35.4 Å². The number of carbonyl (C=O) groups is 3. The van der Waals surface area contributed by atoms with Crippen molar-refractivity contribution < 1.29 is 41.8 Å². The third kappa shape index (κ3) is 6.33. The molecule has 0 bridgehead atoms. The fourth-order valence-electron chi connectivity index (χ4n) is 4.05. The summed E-state index contributed by atoms with van der Waals surface area (Å²) in [6.45, 7) is 2.32. The molecule has 2 aromatic carbocycles. The predicted molar refractivity (Wildman–Crippen MR) is 131 cm³/mol. The summed E-state index contributed by atoms with van der Waals surface area (Å²) in [7, 11) is 0. The molecule has 4 rings (SSSR count). The van der Waals surface area contributed by atoms with Gasteiger partial charge < -0.3 is 30.2 Å². The Kier molecular flexibility index (Phi) is 8.67. The highest BCUT2D eigenvalue weighted by Gasteiger charge is 2.36. The van der Waals surface area contributed by atoms with Crippen LogP contribution >= 0.6 is 11.8 Å². The number of fused-ring (bicyclic) bond motifs is 1. The van der Waals surface area contributed by atoms with E-state index >= 15 is 0 Å². The smallest absolute Gasteiger partial charge is 0.389 e. The normalized spacial score (nSPS) is 18.8. The van der Waals surface area contributed by atoms with Crippen LogP contribution in [0, 0.1) is 17.5 Å². The Bertz CT molecular complexity index is 1230. The number of benzene rings is 2. The number of thioether (sulfide) groups is 1. The molecule has 2 amide bonds. The molecule has 13 heteroatoms. The van der Waals surface area contributed by atoms with Crippen molar-refractivity contribution in [2.24, 2.45) is 5.73 Å². The lowest BCUT2D eigenvalue weighted by Gasteiger charge is -2.24. The summed E-state index contributed by atoms with van der Waals surface area (Å²) < 4.78 is 56.3. The summed E-state index contributed by atoms with van der Waals surface area (Å²) >= 11 is 1.29. The Morgan fingerprint density at radius 3 is 2.63 bits per heavy atom. The highest BCUT2D eigenvalue weighted by molar-refractivity contribution is 8.00. The molecule has 2 aliphatic heterocycles. The van der Waals surface area contributed by atoms with Crippen LogP contribution in [0.4, 0.5) is 13.2 Å². The summed E-state index contributed by atoms with van der Waals surface area (Å²) in [6.07, 6.45) is -1.56. The van der Waals surface area contributed by atoms with Gasteiger partial charge in [0.05, 0.1) is 6.61 Å². The zero-order valence-corrected chi connectivity index (χ0v) is 21.2. The molecule has 0 aromatic heterocycles. The van der Waals surface area contributed by atoms with E-state index in [2.05, 4.69) is 5.32 Å². The van der Waals surface area contributed by atoms with Crippen LogP contribution in [0.1, 0.15) is 24.5 Å². The number of nitrogens with one attached hydrogen (secondary N) is 1. The second-order valence-corrected chi connectivity index (χ2v) is 9.84. The van der Waals surface area contributed by atoms with Gasteiger partial charge >= 0.3 is 12.3 Å². The minimum Gasteiger partial charge on any atom is -0.460 e. The Labute approximate surface area is 220 Å². The quantitative estimate of drug-likeness (QED) is 0.359. The highest BCUT2D eigenvalue weighted by Crippen LogP contribution is 2.36. The average molecular weight is 554 g/mol. The number of carbonyl (C=O) groups excluding carboxylic acids is 3. The van der Waals surface area contributed by atoms with Gasteiger partial charge in [-0.2, -0.15) is 0 Å². The first-order valence-corrected chi connectivity index (χ1v) is 12.9. The maximum Gasteiger partial charge on any atom is 0.389 e. The van der Waals surface area contributed by atoms with Crippen LogP contribution in [-0.4, -0.2) is 59.3 Å². The average Bonchev–Trinajstić information content (AvgIpc) is 3.53. The van der Waals surface area contributed by atoms with Crippen molar-refractivity contribution in [3.63, 3.8) is 0 Å². The summed E-state index contributed by atoms with van der Waals surface area (Å²) in [6, 6.07) is 5.27. The van der Waals surface area contributed by atoms with Gasteiger partial charge in [-0.1, -0.05) is 6.07 Å². The molecule has 2 aliphatic rings.